The fraction of sp³-hybridized carbons (Fsp3) is 0.182. The summed E-state index contributed by atoms with van der Waals surface area (Å²) < 4.78 is 12.1. The third-order valence-corrected chi connectivity index (χ3v) is 4.77. The molecule has 1 atom stereocenters. The minimum Gasteiger partial charge on any atom is -0.496 e. The van der Waals surface area contributed by atoms with Crippen LogP contribution in [0.4, 0.5) is 0 Å². The van der Waals surface area contributed by atoms with Crippen LogP contribution in [-0.2, 0) is 10.3 Å². The number of aliphatic hydroxyl groups is 1. The van der Waals surface area contributed by atoms with Crippen LogP contribution in [0.25, 0.3) is 0 Å². The van der Waals surface area contributed by atoms with Gasteiger partial charge in [-0.25, -0.2) is 0 Å². The predicted octanol–water partition coefficient (Wildman–Crippen LogP) is 4.72. The molecule has 3 aromatic carbocycles. The number of rotatable bonds is 7. The average molecular weight is 413 g/mol. The quantitative estimate of drug-likeness (QED) is 0.450. The zero-order valence-corrected chi connectivity index (χ0v) is 16.1. The molecule has 0 fully saturated rings. The third kappa shape index (κ3) is 3.54. The molecule has 3 rings (SSSR count). The zero-order chi connectivity index (χ0) is 18.4. The summed E-state index contributed by atoms with van der Waals surface area (Å²) in [4.78, 5) is 0. The van der Waals surface area contributed by atoms with Crippen molar-refractivity contribution in [1.29, 1.82) is 0 Å². The smallest absolute Gasteiger partial charge is 0.148 e. The van der Waals surface area contributed by atoms with Gasteiger partial charge < -0.3 is 14.6 Å². The van der Waals surface area contributed by atoms with Crippen molar-refractivity contribution in [2.45, 2.75) is 10.6 Å². The van der Waals surface area contributed by atoms with Crippen molar-refractivity contribution < 1.29 is 14.6 Å². The molecule has 3 aromatic rings. The van der Waals surface area contributed by atoms with Gasteiger partial charge in [-0.05, 0) is 17.2 Å². The van der Waals surface area contributed by atoms with Crippen molar-refractivity contribution in [3.63, 3.8) is 0 Å². The Morgan fingerprint density at radius 3 is 1.85 bits per heavy atom. The second-order valence-corrected chi connectivity index (χ2v) is 6.85. The highest BCUT2D eigenvalue weighted by Gasteiger charge is 2.41. The lowest BCUT2D eigenvalue weighted by Gasteiger charge is -2.38. The largest absolute Gasteiger partial charge is 0.496 e. The molecule has 0 bridgehead atoms. The normalized spacial score (nSPS) is 12.6. The molecule has 4 heteroatoms. The summed E-state index contributed by atoms with van der Waals surface area (Å²) in [6, 6.07) is 27.8. The fourth-order valence-corrected chi connectivity index (χ4v) is 3.47. The minimum atomic E-state index is -0.938. The number of hydrogen-bond acceptors (Lipinski definition) is 3. The van der Waals surface area contributed by atoms with Gasteiger partial charge in [0.1, 0.15) is 16.4 Å². The molecule has 0 aromatic heterocycles. The second kappa shape index (κ2) is 8.49. The van der Waals surface area contributed by atoms with E-state index in [4.69, 9.17) is 9.47 Å². The second-order valence-electron chi connectivity index (χ2n) is 5.82. The Hall–Kier alpha value is -2.14. The van der Waals surface area contributed by atoms with Crippen molar-refractivity contribution in [3.8, 4) is 5.75 Å². The van der Waals surface area contributed by atoms with Crippen LogP contribution in [0.2, 0.25) is 0 Å². The molecule has 0 aliphatic rings. The first kappa shape index (κ1) is 18.6. The minimum absolute atomic E-state index is 0.156. The van der Waals surface area contributed by atoms with Crippen molar-refractivity contribution >= 4 is 15.9 Å². The molecule has 0 amide bonds. The third-order valence-electron chi connectivity index (χ3n) is 4.30. The number of ether oxygens (including phenoxy) is 2. The Morgan fingerprint density at radius 1 is 0.846 bits per heavy atom. The van der Waals surface area contributed by atoms with E-state index in [1.807, 2.05) is 84.9 Å². The number of halogens is 1. The van der Waals surface area contributed by atoms with Gasteiger partial charge in [-0.15, -0.1) is 0 Å². The maximum Gasteiger partial charge on any atom is 0.148 e. The lowest BCUT2D eigenvalue weighted by molar-refractivity contribution is -0.0234. The summed E-state index contributed by atoms with van der Waals surface area (Å²) in [6.45, 7) is -0.156. The number of methoxy groups -OCH3 is 1. The molecular formula is C22H21BrO3. The van der Waals surface area contributed by atoms with Crippen molar-refractivity contribution in [2.75, 3.05) is 13.7 Å². The standard InChI is InChI=1S/C22H21BrO3/c1-25-20-15-9-8-14-19(20)22(26-21(23)16-24,17-10-4-2-5-11-17)18-12-6-3-7-13-18/h2-15,21,24H,16H2,1H3. The summed E-state index contributed by atoms with van der Waals surface area (Å²) in [7, 11) is 1.65. The number of hydrogen-bond donors (Lipinski definition) is 1. The van der Waals surface area contributed by atoms with Gasteiger partial charge in [-0.2, -0.15) is 0 Å². The number of alkyl halides is 1. The molecule has 0 radical (unpaired) electrons. The molecule has 0 aliphatic heterocycles. The lowest BCUT2D eigenvalue weighted by atomic mass is 9.79. The molecular weight excluding hydrogens is 392 g/mol. The number of para-hydroxylation sites is 1. The highest BCUT2D eigenvalue weighted by Crippen LogP contribution is 2.45. The first-order chi connectivity index (χ1) is 12.7. The summed E-state index contributed by atoms with van der Waals surface area (Å²) in [5, 5.41) is 9.11. The molecule has 0 aliphatic carbocycles. The van der Waals surface area contributed by atoms with Crippen LogP contribution in [0.15, 0.2) is 84.9 Å². The summed E-state index contributed by atoms with van der Waals surface area (Å²) in [5.74, 6) is 0.720. The van der Waals surface area contributed by atoms with E-state index in [0.717, 1.165) is 22.4 Å². The summed E-state index contributed by atoms with van der Waals surface area (Å²) >= 11 is 3.44. The van der Waals surface area contributed by atoms with Crippen molar-refractivity contribution in [1.82, 2.24) is 0 Å². The van der Waals surface area contributed by atoms with Crippen molar-refractivity contribution in [3.05, 3.63) is 102 Å². The SMILES string of the molecule is COc1ccccc1C(OC(Br)CO)(c1ccccc1)c1ccccc1. The van der Waals surface area contributed by atoms with E-state index < -0.39 is 10.6 Å². The van der Waals surface area contributed by atoms with Gasteiger partial charge in [0.05, 0.1) is 13.7 Å². The highest BCUT2D eigenvalue weighted by molar-refractivity contribution is 9.09. The Balaban J connectivity index is 2.35. The Labute approximate surface area is 162 Å². The van der Waals surface area contributed by atoms with E-state index in [1.54, 1.807) is 7.11 Å². The van der Waals surface area contributed by atoms with E-state index in [-0.39, 0.29) is 6.61 Å². The van der Waals surface area contributed by atoms with E-state index in [2.05, 4.69) is 15.9 Å². The average Bonchev–Trinajstić information content (AvgIpc) is 2.73. The van der Waals surface area contributed by atoms with Gasteiger partial charge in [-0.1, -0.05) is 94.8 Å². The molecule has 1 N–H and O–H groups in total. The molecule has 0 saturated heterocycles. The van der Waals surface area contributed by atoms with Crippen molar-refractivity contribution in [2.24, 2.45) is 0 Å². The summed E-state index contributed by atoms with van der Waals surface area (Å²) in [5.41, 5.74) is 1.84. The van der Waals surface area contributed by atoms with Crippen LogP contribution in [0, 0.1) is 0 Å². The Kier molecular flexibility index (Phi) is 6.09. The topological polar surface area (TPSA) is 38.7 Å². The van der Waals surface area contributed by atoms with Gasteiger partial charge in [0, 0.05) is 5.56 Å². The first-order valence-corrected chi connectivity index (χ1v) is 9.31. The van der Waals surface area contributed by atoms with Crippen LogP contribution < -0.4 is 4.74 Å². The van der Waals surface area contributed by atoms with Gasteiger partial charge in [0.2, 0.25) is 0 Å². The molecule has 1 unspecified atom stereocenters. The van der Waals surface area contributed by atoms with Gasteiger partial charge in [0.25, 0.3) is 0 Å². The monoisotopic (exact) mass is 412 g/mol. The zero-order valence-electron chi connectivity index (χ0n) is 14.5. The van der Waals surface area contributed by atoms with Crippen LogP contribution in [0.3, 0.4) is 0 Å². The maximum atomic E-state index is 9.66. The first-order valence-electron chi connectivity index (χ1n) is 8.39. The van der Waals surface area contributed by atoms with E-state index in [0.29, 0.717) is 0 Å². The van der Waals surface area contributed by atoms with Crippen LogP contribution >= 0.6 is 15.9 Å². The van der Waals surface area contributed by atoms with Gasteiger partial charge >= 0.3 is 0 Å². The van der Waals surface area contributed by atoms with Gasteiger partial charge in [-0.3, -0.25) is 0 Å². The summed E-state index contributed by atoms with van der Waals surface area (Å²) in [6.07, 6.45) is 0. The van der Waals surface area contributed by atoms with E-state index in [1.165, 1.54) is 0 Å². The van der Waals surface area contributed by atoms with Crippen LogP contribution in [0.1, 0.15) is 16.7 Å². The maximum absolute atomic E-state index is 9.66. The number of aliphatic hydroxyl groups excluding tert-OH is 1. The molecule has 0 spiro atoms. The van der Waals surface area contributed by atoms with E-state index >= 15 is 0 Å². The van der Waals surface area contributed by atoms with Crippen LogP contribution in [0.5, 0.6) is 5.75 Å². The Morgan fingerprint density at radius 2 is 1.35 bits per heavy atom. The fourth-order valence-electron chi connectivity index (χ4n) is 3.19. The van der Waals surface area contributed by atoms with E-state index in [9.17, 15) is 5.11 Å². The molecule has 134 valence electrons. The molecule has 0 saturated carbocycles. The van der Waals surface area contributed by atoms with Crippen LogP contribution in [-0.4, -0.2) is 23.8 Å². The predicted molar refractivity (Wildman–Crippen MR) is 107 cm³/mol. The highest BCUT2D eigenvalue weighted by atomic mass is 79.9. The molecule has 0 heterocycles. The molecule has 3 nitrogen and oxygen atoms in total. The van der Waals surface area contributed by atoms with Gasteiger partial charge in [0.15, 0.2) is 0 Å². The number of benzene rings is 3. The molecule has 26 heavy (non-hydrogen) atoms. The Bertz CT molecular complexity index is 782. The lowest BCUT2D eigenvalue weighted by Crippen LogP contribution is -2.36.